The zero-order chi connectivity index (χ0) is 17.0. The predicted octanol–water partition coefficient (Wildman–Crippen LogP) is 4.00. The molecule has 132 valence electrons. The van der Waals surface area contributed by atoms with Crippen LogP contribution in [0.5, 0.6) is 5.75 Å². The van der Waals surface area contributed by atoms with Crippen LogP contribution in [-0.4, -0.2) is 23.5 Å². The summed E-state index contributed by atoms with van der Waals surface area (Å²) in [5.74, 6) is 0.600. The fraction of sp³-hybridized carbons (Fsp3) is 0.412. The number of aromatic nitrogens is 1. The van der Waals surface area contributed by atoms with Gasteiger partial charge < -0.3 is 15.8 Å². The molecule has 1 amide bonds. The van der Waals surface area contributed by atoms with Crippen molar-refractivity contribution in [3.8, 4) is 17.0 Å². The van der Waals surface area contributed by atoms with E-state index in [9.17, 15) is 4.79 Å². The Labute approximate surface area is 153 Å². The van der Waals surface area contributed by atoms with E-state index in [-0.39, 0.29) is 18.3 Å². The molecule has 0 saturated heterocycles. The average molecular weight is 370 g/mol. The number of amides is 1. The number of methoxy groups -OCH3 is 1. The van der Waals surface area contributed by atoms with Crippen LogP contribution in [-0.2, 0) is 4.79 Å². The van der Waals surface area contributed by atoms with E-state index in [0.29, 0.717) is 11.6 Å². The maximum absolute atomic E-state index is 12.3. The van der Waals surface area contributed by atoms with Crippen molar-refractivity contribution in [3.63, 3.8) is 0 Å². The first-order chi connectivity index (χ1) is 10.9. The summed E-state index contributed by atoms with van der Waals surface area (Å²) >= 11 is 1.45. The first kappa shape index (κ1) is 20.4. The van der Waals surface area contributed by atoms with Gasteiger partial charge >= 0.3 is 0 Å². The SMILES string of the molecule is CCCC(C)(N)C(=O)Nc1nc(-c2ccc(OC)cc2)c(C)s1.Cl. The molecule has 1 atom stereocenters. The van der Waals surface area contributed by atoms with Gasteiger partial charge in [0.2, 0.25) is 5.91 Å². The summed E-state index contributed by atoms with van der Waals surface area (Å²) in [5.41, 5.74) is 7.03. The van der Waals surface area contributed by atoms with Crippen molar-refractivity contribution in [3.05, 3.63) is 29.1 Å². The molecule has 3 N–H and O–H groups in total. The van der Waals surface area contributed by atoms with Gasteiger partial charge in [-0.1, -0.05) is 13.3 Å². The number of nitrogens with one attached hydrogen (secondary N) is 1. The molecular weight excluding hydrogens is 346 g/mol. The molecule has 0 fully saturated rings. The van der Waals surface area contributed by atoms with E-state index in [0.717, 1.165) is 28.3 Å². The fourth-order valence-electron chi connectivity index (χ4n) is 2.34. The number of rotatable bonds is 6. The number of carbonyl (C=O) groups excluding carboxylic acids is 1. The van der Waals surface area contributed by atoms with Crippen molar-refractivity contribution in [2.75, 3.05) is 12.4 Å². The lowest BCUT2D eigenvalue weighted by Gasteiger charge is -2.21. The highest BCUT2D eigenvalue weighted by molar-refractivity contribution is 7.16. The molecule has 24 heavy (non-hydrogen) atoms. The maximum Gasteiger partial charge on any atom is 0.245 e. The minimum Gasteiger partial charge on any atom is -0.497 e. The van der Waals surface area contributed by atoms with Gasteiger partial charge in [0.25, 0.3) is 0 Å². The smallest absolute Gasteiger partial charge is 0.245 e. The van der Waals surface area contributed by atoms with Crippen molar-refractivity contribution in [1.82, 2.24) is 4.98 Å². The van der Waals surface area contributed by atoms with Gasteiger partial charge in [0, 0.05) is 10.4 Å². The van der Waals surface area contributed by atoms with Crippen molar-refractivity contribution < 1.29 is 9.53 Å². The standard InChI is InChI=1S/C17H23N3O2S.ClH/c1-5-10-17(3,18)15(21)20-16-19-14(11(2)23-16)12-6-8-13(22-4)9-7-12;/h6-9H,5,10,18H2,1-4H3,(H,19,20,21);1H. The highest BCUT2D eigenvalue weighted by Gasteiger charge is 2.28. The number of benzene rings is 1. The van der Waals surface area contributed by atoms with Crippen molar-refractivity contribution in [2.45, 2.75) is 39.2 Å². The van der Waals surface area contributed by atoms with Gasteiger partial charge in [-0.25, -0.2) is 4.98 Å². The molecule has 1 unspecified atom stereocenters. The highest BCUT2D eigenvalue weighted by atomic mass is 35.5. The van der Waals surface area contributed by atoms with Gasteiger partial charge in [0.15, 0.2) is 5.13 Å². The Kier molecular flexibility index (Phi) is 7.20. The summed E-state index contributed by atoms with van der Waals surface area (Å²) < 4.78 is 5.16. The van der Waals surface area contributed by atoms with Gasteiger partial charge in [0.1, 0.15) is 5.75 Å². The first-order valence-electron chi connectivity index (χ1n) is 7.59. The summed E-state index contributed by atoms with van der Waals surface area (Å²) in [5, 5.41) is 3.41. The van der Waals surface area contributed by atoms with Crippen molar-refractivity contribution in [1.29, 1.82) is 0 Å². The van der Waals surface area contributed by atoms with Crippen LogP contribution in [0.25, 0.3) is 11.3 Å². The third kappa shape index (κ3) is 4.69. The van der Waals surface area contributed by atoms with Gasteiger partial charge in [-0.15, -0.1) is 23.7 Å². The van der Waals surface area contributed by atoms with Crippen LogP contribution in [0.3, 0.4) is 0 Å². The van der Waals surface area contributed by atoms with Crippen molar-refractivity contribution in [2.24, 2.45) is 5.73 Å². The Bertz CT molecular complexity index is 684. The van der Waals surface area contributed by atoms with E-state index in [1.165, 1.54) is 11.3 Å². The minimum atomic E-state index is -0.880. The fourth-order valence-corrected chi connectivity index (χ4v) is 3.17. The third-order valence-electron chi connectivity index (χ3n) is 3.67. The molecule has 7 heteroatoms. The van der Waals surface area contributed by atoms with Crippen LogP contribution in [0.4, 0.5) is 5.13 Å². The molecule has 0 radical (unpaired) electrons. The molecule has 0 aliphatic carbocycles. The molecule has 2 aromatic rings. The lowest BCUT2D eigenvalue weighted by atomic mass is 9.97. The number of thiazole rings is 1. The lowest BCUT2D eigenvalue weighted by molar-refractivity contribution is -0.120. The van der Waals surface area contributed by atoms with E-state index in [2.05, 4.69) is 10.3 Å². The van der Waals surface area contributed by atoms with Crippen LogP contribution in [0, 0.1) is 6.92 Å². The molecule has 5 nitrogen and oxygen atoms in total. The maximum atomic E-state index is 12.3. The van der Waals surface area contributed by atoms with Crippen LogP contribution >= 0.6 is 23.7 Å². The predicted molar refractivity (Wildman–Crippen MR) is 102 cm³/mol. The highest BCUT2D eigenvalue weighted by Crippen LogP contribution is 2.31. The number of nitrogens with two attached hydrogens (primary N) is 1. The molecule has 1 heterocycles. The number of ether oxygens (including phenoxy) is 1. The number of halogens is 1. The second-order valence-corrected chi connectivity index (χ2v) is 6.98. The topological polar surface area (TPSA) is 77.2 Å². The molecule has 0 spiro atoms. The third-order valence-corrected chi connectivity index (χ3v) is 4.55. The van der Waals surface area contributed by atoms with Crippen molar-refractivity contribution >= 4 is 34.8 Å². The number of aryl methyl sites for hydroxylation is 1. The molecule has 0 saturated carbocycles. The Hall–Kier alpha value is -1.63. The van der Waals surface area contributed by atoms with E-state index < -0.39 is 5.54 Å². The Morgan fingerprint density at radius 3 is 2.54 bits per heavy atom. The van der Waals surface area contributed by atoms with E-state index in [1.807, 2.05) is 38.1 Å². The van der Waals surface area contributed by atoms with E-state index in [1.54, 1.807) is 14.0 Å². The number of anilines is 1. The van der Waals surface area contributed by atoms with E-state index >= 15 is 0 Å². The number of nitrogens with zero attached hydrogens (tertiary/aromatic N) is 1. The van der Waals surface area contributed by atoms with Crippen LogP contribution < -0.4 is 15.8 Å². The molecule has 1 aromatic carbocycles. The largest absolute Gasteiger partial charge is 0.497 e. The zero-order valence-electron chi connectivity index (χ0n) is 14.4. The average Bonchev–Trinajstić information content (AvgIpc) is 2.88. The summed E-state index contributed by atoms with van der Waals surface area (Å²) in [6.07, 6.45) is 1.49. The molecule has 0 aliphatic heterocycles. The van der Waals surface area contributed by atoms with E-state index in [4.69, 9.17) is 10.5 Å². The zero-order valence-corrected chi connectivity index (χ0v) is 16.0. The Morgan fingerprint density at radius 1 is 1.38 bits per heavy atom. The molecule has 0 bridgehead atoms. The summed E-state index contributed by atoms with van der Waals surface area (Å²) in [4.78, 5) is 17.9. The molecular formula is C17H24ClN3O2S. The van der Waals surface area contributed by atoms with Gasteiger partial charge in [-0.3, -0.25) is 4.79 Å². The quantitative estimate of drug-likeness (QED) is 0.806. The molecule has 2 rings (SSSR count). The summed E-state index contributed by atoms with van der Waals surface area (Å²) in [7, 11) is 1.64. The summed E-state index contributed by atoms with van der Waals surface area (Å²) in [6.45, 7) is 5.74. The van der Waals surface area contributed by atoms with Crippen LogP contribution in [0.15, 0.2) is 24.3 Å². The molecule has 1 aromatic heterocycles. The number of carbonyl (C=O) groups is 1. The minimum absolute atomic E-state index is 0. The van der Waals surface area contributed by atoms with Gasteiger partial charge in [-0.2, -0.15) is 0 Å². The Balaban J connectivity index is 0.00000288. The van der Waals surface area contributed by atoms with Crippen LogP contribution in [0.1, 0.15) is 31.6 Å². The lowest BCUT2D eigenvalue weighted by Crippen LogP contribution is -2.48. The van der Waals surface area contributed by atoms with Gasteiger partial charge in [0.05, 0.1) is 18.3 Å². The number of hydrogen-bond acceptors (Lipinski definition) is 5. The van der Waals surface area contributed by atoms with Gasteiger partial charge in [-0.05, 0) is 44.5 Å². The monoisotopic (exact) mass is 369 g/mol. The van der Waals surface area contributed by atoms with Crippen LogP contribution in [0.2, 0.25) is 0 Å². The normalized spacial score (nSPS) is 12.9. The number of hydrogen-bond donors (Lipinski definition) is 2. The summed E-state index contributed by atoms with van der Waals surface area (Å²) in [6, 6.07) is 7.70. The second kappa shape index (κ2) is 8.46. The second-order valence-electron chi connectivity index (χ2n) is 5.77. The first-order valence-corrected chi connectivity index (χ1v) is 8.41. The Morgan fingerprint density at radius 2 is 2.00 bits per heavy atom. The molecule has 0 aliphatic rings.